The molecule has 2 aliphatic heterocycles. The highest BCUT2D eigenvalue weighted by Gasteiger charge is 2.62. The zero-order valence-electron chi connectivity index (χ0n) is 25.2. The van der Waals surface area contributed by atoms with E-state index in [9.17, 15) is 19.2 Å². The minimum atomic E-state index is -1.14. The Balaban J connectivity index is 1.59. The van der Waals surface area contributed by atoms with E-state index in [0.717, 1.165) is 31.2 Å². The van der Waals surface area contributed by atoms with E-state index >= 15 is 0 Å². The first-order valence-electron chi connectivity index (χ1n) is 15.1. The summed E-state index contributed by atoms with van der Waals surface area (Å²) in [5.74, 6) is -1.42. The Kier molecular flexibility index (Phi) is 10.3. The standard InChI is InChI=1S/C32H45N3O7/c1-5-40-29(38)32-19-23(32)16-12-7-6-8-13-17-25(33-30(39)42-31(2,3)4)28(37)35-20-24(18-26(35)27(36)34-32)41-21-22-14-10-9-11-15-22/h9-12,14-16,23-26H,5-8,13,17-21H2,1-4H3,(H,33,39)(H,34,36)/b16-12-/t23-,24-,25+,26+,32-/m1/s1. The van der Waals surface area contributed by atoms with Crippen LogP contribution in [0, 0.1) is 5.92 Å². The Morgan fingerprint density at radius 1 is 1.12 bits per heavy atom. The number of esters is 1. The van der Waals surface area contributed by atoms with Crippen molar-refractivity contribution in [3.05, 3.63) is 48.0 Å². The number of nitrogens with one attached hydrogen (secondary N) is 2. The van der Waals surface area contributed by atoms with Crippen LogP contribution in [0.2, 0.25) is 0 Å². The van der Waals surface area contributed by atoms with E-state index in [0.29, 0.717) is 19.4 Å². The average Bonchev–Trinajstić information content (AvgIpc) is 3.45. The molecule has 0 bridgehead atoms. The van der Waals surface area contributed by atoms with Crippen molar-refractivity contribution in [2.45, 2.75) is 109 Å². The molecule has 1 aromatic rings. The minimum absolute atomic E-state index is 0.164. The fourth-order valence-corrected chi connectivity index (χ4v) is 5.67. The zero-order valence-corrected chi connectivity index (χ0v) is 25.2. The molecule has 10 nitrogen and oxygen atoms in total. The van der Waals surface area contributed by atoms with E-state index in [-0.39, 0.29) is 31.4 Å². The normalized spacial score (nSPS) is 29.2. The van der Waals surface area contributed by atoms with E-state index < -0.39 is 47.3 Å². The molecule has 0 aromatic heterocycles. The van der Waals surface area contributed by atoms with Crippen molar-refractivity contribution in [3.8, 4) is 0 Å². The molecule has 1 aliphatic carbocycles. The molecular weight excluding hydrogens is 538 g/mol. The fraction of sp³-hybridized carbons (Fsp3) is 0.625. The first-order valence-corrected chi connectivity index (χ1v) is 15.1. The van der Waals surface area contributed by atoms with Gasteiger partial charge in [0.1, 0.15) is 23.2 Å². The number of benzene rings is 1. The van der Waals surface area contributed by atoms with Crippen molar-refractivity contribution < 1.29 is 33.4 Å². The first kappa shape index (κ1) is 31.5. The van der Waals surface area contributed by atoms with Gasteiger partial charge in [-0.05, 0) is 58.9 Å². The van der Waals surface area contributed by atoms with Crippen LogP contribution in [0.3, 0.4) is 0 Å². The van der Waals surface area contributed by atoms with Gasteiger partial charge in [-0.25, -0.2) is 9.59 Å². The quantitative estimate of drug-likeness (QED) is 0.383. The third-order valence-electron chi connectivity index (χ3n) is 7.90. The zero-order chi connectivity index (χ0) is 30.3. The Hall–Kier alpha value is -3.40. The number of fused-ring (bicyclic) bond motifs is 2. The van der Waals surface area contributed by atoms with Gasteiger partial charge in [0.05, 0.1) is 19.3 Å². The summed E-state index contributed by atoms with van der Waals surface area (Å²) in [7, 11) is 0. The highest BCUT2D eigenvalue weighted by Crippen LogP contribution is 2.46. The second-order valence-corrected chi connectivity index (χ2v) is 12.4. The summed E-state index contributed by atoms with van der Waals surface area (Å²) in [4.78, 5) is 55.2. The number of alkyl carbamates (subject to hydrolysis) is 1. The van der Waals surface area contributed by atoms with Crippen LogP contribution in [0.5, 0.6) is 0 Å². The van der Waals surface area contributed by atoms with Crippen molar-refractivity contribution in [3.63, 3.8) is 0 Å². The van der Waals surface area contributed by atoms with Gasteiger partial charge in [-0.1, -0.05) is 55.3 Å². The maximum atomic E-state index is 14.1. The highest BCUT2D eigenvalue weighted by molar-refractivity contribution is 5.96. The molecule has 4 rings (SSSR count). The lowest BCUT2D eigenvalue weighted by atomic mass is 10.0. The van der Waals surface area contributed by atoms with Gasteiger partial charge in [-0.2, -0.15) is 0 Å². The van der Waals surface area contributed by atoms with Gasteiger partial charge in [0.2, 0.25) is 11.8 Å². The number of carbonyl (C=O) groups excluding carboxylic acids is 4. The van der Waals surface area contributed by atoms with E-state index in [4.69, 9.17) is 14.2 Å². The van der Waals surface area contributed by atoms with Gasteiger partial charge >= 0.3 is 12.1 Å². The lowest BCUT2D eigenvalue weighted by Crippen LogP contribution is -2.56. The van der Waals surface area contributed by atoms with Crippen molar-refractivity contribution in [1.82, 2.24) is 15.5 Å². The number of amides is 3. The molecule has 2 fully saturated rings. The number of hydrogen-bond acceptors (Lipinski definition) is 7. The molecule has 230 valence electrons. The van der Waals surface area contributed by atoms with Gasteiger partial charge in [0.25, 0.3) is 0 Å². The lowest BCUT2D eigenvalue weighted by Gasteiger charge is -2.30. The molecule has 3 aliphatic rings. The van der Waals surface area contributed by atoms with Crippen molar-refractivity contribution in [2.75, 3.05) is 13.2 Å². The van der Waals surface area contributed by atoms with Gasteiger partial charge in [0.15, 0.2) is 0 Å². The van der Waals surface area contributed by atoms with Crippen LogP contribution in [0.4, 0.5) is 4.79 Å². The SMILES string of the molecule is CCOC(=O)[C@@]12C[C@H]1/C=C\CCCCC[C@H](NC(=O)OC(C)(C)C)C(=O)N1C[C@H](OCc3ccccc3)C[C@H]1C(=O)N2. The van der Waals surface area contributed by atoms with Crippen LogP contribution >= 0.6 is 0 Å². The monoisotopic (exact) mass is 583 g/mol. The lowest BCUT2D eigenvalue weighted by molar-refractivity contribution is -0.150. The molecule has 5 atom stereocenters. The summed E-state index contributed by atoms with van der Waals surface area (Å²) >= 11 is 0. The summed E-state index contributed by atoms with van der Waals surface area (Å²) < 4.78 is 17.0. The molecule has 1 saturated heterocycles. The van der Waals surface area contributed by atoms with Gasteiger partial charge in [0, 0.05) is 18.9 Å². The van der Waals surface area contributed by atoms with Crippen molar-refractivity contribution >= 4 is 23.9 Å². The molecule has 42 heavy (non-hydrogen) atoms. The number of rotatable bonds is 6. The van der Waals surface area contributed by atoms with Crippen LogP contribution in [0.1, 0.15) is 78.2 Å². The molecule has 1 aromatic carbocycles. The average molecular weight is 584 g/mol. The summed E-state index contributed by atoms with van der Waals surface area (Å²) in [5, 5.41) is 5.73. The largest absolute Gasteiger partial charge is 0.464 e. The number of hydrogen-bond donors (Lipinski definition) is 2. The van der Waals surface area contributed by atoms with Crippen LogP contribution in [0.25, 0.3) is 0 Å². The first-order chi connectivity index (χ1) is 20.0. The van der Waals surface area contributed by atoms with Crippen LogP contribution in [0.15, 0.2) is 42.5 Å². The number of carbonyl (C=O) groups is 4. The maximum absolute atomic E-state index is 14.1. The maximum Gasteiger partial charge on any atom is 0.408 e. The molecule has 2 N–H and O–H groups in total. The highest BCUT2D eigenvalue weighted by atomic mass is 16.6. The van der Waals surface area contributed by atoms with E-state index in [2.05, 4.69) is 10.6 Å². The predicted octanol–water partition coefficient (Wildman–Crippen LogP) is 4.02. The topological polar surface area (TPSA) is 123 Å². The van der Waals surface area contributed by atoms with Gasteiger partial charge < -0.3 is 29.7 Å². The molecule has 0 unspecified atom stereocenters. The van der Waals surface area contributed by atoms with E-state index in [1.807, 2.05) is 42.5 Å². The molecule has 0 spiro atoms. The predicted molar refractivity (Wildman–Crippen MR) is 156 cm³/mol. The third-order valence-corrected chi connectivity index (χ3v) is 7.90. The summed E-state index contributed by atoms with van der Waals surface area (Å²) in [6, 6.07) is 7.95. The molecule has 3 amide bonds. The molecular formula is C32H45N3O7. The Morgan fingerprint density at radius 2 is 1.88 bits per heavy atom. The second kappa shape index (κ2) is 13.7. The van der Waals surface area contributed by atoms with Gasteiger partial charge in [-0.15, -0.1) is 0 Å². The number of ether oxygens (including phenoxy) is 3. The van der Waals surface area contributed by atoms with Crippen molar-refractivity contribution in [2.24, 2.45) is 5.92 Å². The minimum Gasteiger partial charge on any atom is -0.464 e. The summed E-state index contributed by atoms with van der Waals surface area (Å²) in [6.07, 6.45) is 7.39. The van der Waals surface area contributed by atoms with Crippen LogP contribution in [-0.4, -0.2) is 71.3 Å². The van der Waals surface area contributed by atoms with Crippen molar-refractivity contribution in [1.29, 1.82) is 0 Å². The molecule has 0 radical (unpaired) electrons. The smallest absolute Gasteiger partial charge is 0.408 e. The van der Waals surface area contributed by atoms with E-state index in [1.54, 1.807) is 27.7 Å². The van der Waals surface area contributed by atoms with E-state index in [1.165, 1.54) is 4.90 Å². The molecule has 1 saturated carbocycles. The Bertz CT molecular complexity index is 1150. The number of allylic oxidation sites excluding steroid dienone is 1. The number of nitrogens with zero attached hydrogens (tertiary/aromatic N) is 1. The van der Waals surface area contributed by atoms with Gasteiger partial charge in [-0.3, -0.25) is 9.59 Å². The third kappa shape index (κ3) is 8.12. The Labute approximate surface area is 248 Å². The second-order valence-electron chi connectivity index (χ2n) is 12.4. The van der Waals surface area contributed by atoms with Crippen LogP contribution < -0.4 is 10.6 Å². The molecule has 2 heterocycles. The summed E-state index contributed by atoms with van der Waals surface area (Å²) in [6.45, 7) is 7.75. The van der Waals surface area contributed by atoms with Crippen LogP contribution in [-0.2, 0) is 35.2 Å². The fourth-order valence-electron chi connectivity index (χ4n) is 5.67. The molecule has 10 heteroatoms. The summed E-state index contributed by atoms with van der Waals surface area (Å²) in [5.41, 5.74) is -0.889. The Morgan fingerprint density at radius 3 is 2.60 bits per heavy atom.